The third-order valence-corrected chi connectivity index (χ3v) is 3.16. The van der Waals surface area contributed by atoms with Gasteiger partial charge in [-0.25, -0.2) is 4.98 Å². The van der Waals surface area contributed by atoms with Crippen LogP contribution in [0.15, 0.2) is 41.8 Å². The first-order valence-corrected chi connectivity index (χ1v) is 6.14. The number of aliphatic hydroxyl groups excluding tert-OH is 1. The van der Waals surface area contributed by atoms with Crippen molar-refractivity contribution < 1.29 is 5.11 Å². The lowest BCUT2D eigenvalue weighted by Crippen LogP contribution is -1.97. The molecule has 0 saturated heterocycles. The Morgan fingerprint density at radius 1 is 1.44 bits per heavy atom. The molecule has 0 fully saturated rings. The summed E-state index contributed by atoms with van der Waals surface area (Å²) in [5.74, 6) is 0.669. The molecule has 2 rings (SSSR count). The van der Waals surface area contributed by atoms with Crippen molar-refractivity contribution in [1.82, 2.24) is 9.55 Å². The SMILES string of the molecule is Cc1cccc(-n2ccnc2SCCO)c1. The van der Waals surface area contributed by atoms with Gasteiger partial charge in [-0.1, -0.05) is 23.9 Å². The maximum Gasteiger partial charge on any atom is 0.172 e. The van der Waals surface area contributed by atoms with Crippen LogP contribution in [0.25, 0.3) is 5.69 Å². The molecule has 0 aliphatic heterocycles. The van der Waals surface area contributed by atoms with Crippen molar-refractivity contribution in [2.24, 2.45) is 0 Å². The van der Waals surface area contributed by atoms with Gasteiger partial charge in [-0.2, -0.15) is 0 Å². The number of rotatable bonds is 4. The largest absolute Gasteiger partial charge is 0.396 e. The molecule has 0 aliphatic rings. The van der Waals surface area contributed by atoms with Gasteiger partial charge in [0.15, 0.2) is 5.16 Å². The number of thioether (sulfide) groups is 1. The maximum absolute atomic E-state index is 8.81. The Kier molecular flexibility index (Phi) is 3.64. The van der Waals surface area contributed by atoms with E-state index in [2.05, 4.69) is 30.1 Å². The molecule has 1 aromatic carbocycles. The first-order valence-electron chi connectivity index (χ1n) is 5.15. The topological polar surface area (TPSA) is 38.0 Å². The highest BCUT2D eigenvalue weighted by molar-refractivity contribution is 7.99. The lowest BCUT2D eigenvalue weighted by Gasteiger charge is -2.07. The first-order chi connectivity index (χ1) is 7.81. The van der Waals surface area contributed by atoms with E-state index in [0.29, 0.717) is 5.75 Å². The summed E-state index contributed by atoms with van der Waals surface area (Å²) in [6.45, 7) is 2.24. The van der Waals surface area contributed by atoms with E-state index < -0.39 is 0 Å². The molecule has 0 unspecified atom stereocenters. The second-order valence-corrected chi connectivity index (χ2v) is 4.55. The van der Waals surface area contributed by atoms with E-state index >= 15 is 0 Å². The molecule has 4 heteroatoms. The van der Waals surface area contributed by atoms with Crippen LogP contribution in [0.4, 0.5) is 0 Å². The number of hydrogen-bond acceptors (Lipinski definition) is 3. The van der Waals surface area contributed by atoms with Crippen LogP contribution in [0.5, 0.6) is 0 Å². The van der Waals surface area contributed by atoms with E-state index in [9.17, 15) is 0 Å². The normalized spacial score (nSPS) is 10.6. The molecule has 84 valence electrons. The highest BCUT2D eigenvalue weighted by Crippen LogP contribution is 2.20. The van der Waals surface area contributed by atoms with Gasteiger partial charge in [-0.15, -0.1) is 0 Å². The van der Waals surface area contributed by atoms with Crippen LogP contribution in [0, 0.1) is 6.92 Å². The highest BCUT2D eigenvalue weighted by Gasteiger charge is 2.04. The summed E-state index contributed by atoms with van der Waals surface area (Å²) in [4.78, 5) is 4.27. The van der Waals surface area contributed by atoms with Crippen LogP contribution in [0.3, 0.4) is 0 Å². The average molecular weight is 234 g/mol. The lowest BCUT2D eigenvalue weighted by atomic mass is 10.2. The van der Waals surface area contributed by atoms with Crippen molar-refractivity contribution in [2.45, 2.75) is 12.1 Å². The fourth-order valence-electron chi connectivity index (χ4n) is 1.51. The summed E-state index contributed by atoms with van der Waals surface area (Å²) in [5.41, 5.74) is 2.34. The summed E-state index contributed by atoms with van der Waals surface area (Å²) in [7, 11) is 0. The van der Waals surface area contributed by atoms with Gasteiger partial charge in [0.25, 0.3) is 0 Å². The number of aromatic nitrogens is 2. The third kappa shape index (κ3) is 2.46. The number of imidazole rings is 1. The second kappa shape index (κ2) is 5.18. The van der Waals surface area contributed by atoms with E-state index in [-0.39, 0.29) is 6.61 Å². The number of benzene rings is 1. The van der Waals surface area contributed by atoms with Crippen LogP contribution in [-0.2, 0) is 0 Å². The molecule has 2 aromatic rings. The van der Waals surface area contributed by atoms with Crippen LogP contribution >= 0.6 is 11.8 Å². The minimum atomic E-state index is 0.172. The zero-order valence-electron chi connectivity index (χ0n) is 9.13. The lowest BCUT2D eigenvalue weighted by molar-refractivity contribution is 0.322. The van der Waals surface area contributed by atoms with E-state index in [4.69, 9.17) is 5.11 Å². The molecule has 0 atom stereocenters. The zero-order valence-corrected chi connectivity index (χ0v) is 9.94. The van der Waals surface area contributed by atoms with Crippen molar-refractivity contribution >= 4 is 11.8 Å². The number of nitrogens with zero attached hydrogens (tertiary/aromatic N) is 2. The summed E-state index contributed by atoms with van der Waals surface area (Å²) in [6, 6.07) is 8.27. The standard InChI is InChI=1S/C12H14N2OS/c1-10-3-2-4-11(9-10)14-6-5-13-12(14)16-8-7-15/h2-6,9,15H,7-8H2,1H3. The molecule has 1 N–H and O–H groups in total. The van der Waals surface area contributed by atoms with E-state index in [1.807, 2.05) is 16.8 Å². The van der Waals surface area contributed by atoms with Crippen LogP contribution in [0.2, 0.25) is 0 Å². The Hall–Kier alpha value is -1.26. The van der Waals surface area contributed by atoms with Crippen molar-refractivity contribution in [3.63, 3.8) is 0 Å². The molecule has 16 heavy (non-hydrogen) atoms. The van der Waals surface area contributed by atoms with Gasteiger partial charge in [-0.3, -0.25) is 4.57 Å². The highest BCUT2D eigenvalue weighted by atomic mass is 32.2. The molecule has 1 aromatic heterocycles. The Labute approximate surface area is 99.1 Å². The van der Waals surface area contributed by atoms with Gasteiger partial charge >= 0.3 is 0 Å². The third-order valence-electron chi connectivity index (χ3n) is 2.21. The van der Waals surface area contributed by atoms with Gasteiger partial charge in [0, 0.05) is 23.8 Å². The van der Waals surface area contributed by atoms with Crippen LogP contribution in [-0.4, -0.2) is 27.0 Å². The van der Waals surface area contributed by atoms with Gasteiger partial charge in [0.2, 0.25) is 0 Å². The smallest absolute Gasteiger partial charge is 0.172 e. The fraction of sp³-hybridized carbons (Fsp3) is 0.250. The van der Waals surface area contributed by atoms with E-state index in [1.54, 1.807) is 18.0 Å². The zero-order chi connectivity index (χ0) is 11.4. The summed E-state index contributed by atoms with van der Waals surface area (Å²) in [5, 5.41) is 9.73. The minimum Gasteiger partial charge on any atom is -0.396 e. The van der Waals surface area contributed by atoms with Crippen molar-refractivity contribution in [1.29, 1.82) is 0 Å². The molecule has 0 amide bonds. The molecule has 0 spiro atoms. The van der Waals surface area contributed by atoms with Crippen molar-refractivity contribution in [2.75, 3.05) is 12.4 Å². The fourth-order valence-corrected chi connectivity index (χ4v) is 2.22. The number of hydrogen-bond donors (Lipinski definition) is 1. The molecular formula is C12H14N2OS. The molecule has 0 aliphatic carbocycles. The molecule has 0 radical (unpaired) electrons. The molecule has 3 nitrogen and oxygen atoms in total. The summed E-state index contributed by atoms with van der Waals surface area (Å²) < 4.78 is 2.04. The second-order valence-electron chi connectivity index (χ2n) is 3.49. The van der Waals surface area contributed by atoms with Crippen molar-refractivity contribution in [3.05, 3.63) is 42.2 Å². The van der Waals surface area contributed by atoms with Crippen LogP contribution < -0.4 is 0 Å². The quantitative estimate of drug-likeness (QED) is 0.825. The predicted molar refractivity (Wildman–Crippen MR) is 66.1 cm³/mol. The van der Waals surface area contributed by atoms with Gasteiger partial charge in [0.1, 0.15) is 0 Å². The van der Waals surface area contributed by atoms with Crippen molar-refractivity contribution in [3.8, 4) is 5.69 Å². The van der Waals surface area contributed by atoms with E-state index in [1.165, 1.54) is 5.56 Å². The van der Waals surface area contributed by atoms with Gasteiger partial charge < -0.3 is 5.11 Å². The number of aliphatic hydroxyl groups is 1. The molecular weight excluding hydrogens is 220 g/mol. The van der Waals surface area contributed by atoms with Gasteiger partial charge in [-0.05, 0) is 24.6 Å². The first kappa shape index (κ1) is 11.2. The predicted octanol–water partition coefficient (Wildman–Crippen LogP) is 2.27. The Balaban J connectivity index is 2.29. The Morgan fingerprint density at radius 3 is 3.06 bits per heavy atom. The maximum atomic E-state index is 8.81. The molecule has 0 bridgehead atoms. The van der Waals surface area contributed by atoms with Crippen LogP contribution in [0.1, 0.15) is 5.56 Å². The summed E-state index contributed by atoms with van der Waals surface area (Å²) >= 11 is 1.56. The van der Waals surface area contributed by atoms with E-state index in [0.717, 1.165) is 10.8 Å². The van der Waals surface area contributed by atoms with Gasteiger partial charge in [0.05, 0.1) is 6.61 Å². The molecule has 0 saturated carbocycles. The monoisotopic (exact) mass is 234 g/mol. The Morgan fingerprint density at radius 2 is 2.31 bits per heavy atom. The Bertz CT molecular complexity index is 468. The molecule has 1 heterocycles. The minimum absolute atomic E-state index is 0.172. The number of aryl methyl sites for hydroxylation is 1. The average Bonchev–Trinajstić information content (AvgIpc) is 2.74. The summed E-state index contributed by atoms with van der Waals surface area (Å²) in [6.07, 6.45) is 3.72.